The van der Waals surface area contributed by atoms with E-state index < -0.39 is 0 Å². The molecule has 0 fully saturated rings. The molecule has 3 rings (SSSR count). The van der Waals surface area contributed by atoms with Crippen molar-refractivity contribution in [3.05, 3.63) is 53.7 Å². The van der Waals surface area contributed by atoms with Crippen molar-refractivity contribution < 1.29 is 9.47 Å². The molecule has 0 aliphatic carbocycles. The first kappa shape index (κ1) is 21.4. The number of hydrogen-bond donors (Lipinski definition) is 1. The van der Waals surface area contributed by atoms with E-state index in [-0.39, 0.29) is 24.0 Å². The molecule has 7 heteroatoms. The van der Waals surface area contributed by atoms with E-state index in [4.69, 9.17) is 14.5 Å². The number of pyridine rings is 1. The molecule has 1 aromatic carbocycles. The number of halogens is 1. The second-order valence-electron chi connectivity index (χ2n) is 6.05. The third kappa shape index (κ3) is 5.80. The van der Waals surface area contributed by atoms with E-state index in [2.05, 4.69) is 46.4 Å². The van der Waals surface area contributed by atoms with Crippen LogP contribution < -0.4 is 15.0 Å². The Morgan fingerprint density at radius 2 is 2.07 bits per heavy atom. The molecule has 0 saturated heterocycles. The minimum absolute atomic E-state index is 0. The number of aromatic nitrogens is 1. The maximum atomic E-state index is 5.49. The van der Waals surface area contributed by atoms with Gasteiger partial charge in [0.15, 0.2) is 5.96 Å². The smallest absolute Gasteiger partial charge is 0.213 e. The van der Waals surface area contributed by atoms with Gasteiger partial charge in [0.2, 0.25) is 5.88 Å². The minimum atomic E-state index is 0. The highest BCUT2D eigenvalue weighted by atomic mass is 127. The topological polar surface area (TPSA) is 59.0 Å². The average Bonchev–Trinajstić information content (AvgIpc) is 3.10. The van der Waals surface area contributed by atoms with Gasteiger partial charge in [-0.3, -0.25) is 0 Å². The van der Waals surface area contributed by atoms with Crippen molar-refractivity contribution in [2.75, 3.05) is 38.3 Å². The monoisotopic (exact) mass is 482 g/mol. The molecule has 1 aliphatic heterocycles. The van der Waals surface area contributed by atoms with Crippen LogP contribution in [0.1, 0.15) is 18.1 Å². The van der Waals surface area contributed by atoms with Crippen LogP contribution in [0.4, 0.5) is 5.69 Å². The number of methoxy groups -OCH3 is 1. The fourth-order valence-corrected chi connectivity index (χ4v) is 2.94. The van der Waals surface area contributed by atoms with Gasteiger partial charge in [0.25, 0.3) is 0 Å². The molecule has 1 aliphatic rings. The summed E-state index contributed by atoms with van der Waals surface area (Å²) in [5.74, 6) is 1.52. The Balaban J connectivity index is 0.00000261. The second-order valence-corrected chi connectivity index (χ2v) is 6.05. The fraction of sp³-hybridized carbons (Fsp3) is 0.400. The second kappa shape index (κ2) is 11.1. The van der Waals surface area contributed by atoms with Crippen LogP contribution in [0.25, 0.3) is 0 Å². The number of hydrogen-bond acceptors (Lipinski definition) is 4. The van der Waals surface area contributed by atoms with Crippen molar-refractivity contribution in [3.8, 4) is 5.88 Å². The SMILES string of the molecule is CCNC(=NCc1ccc(OCCOC)nc1)N1CCc2ccccc21.I. The zero-order valence-electron chi connectivity index (χ0n) is 15.9. The lowest BCUT2D eigenvalue weighted by Crippen LogP contribution is -2.40. The van der Waals surface area contributed by atoms with Crippen LogP contribution in [0.3, 0.4) is 0 Å². The summed E-state index contributed by atoms with van der Waals surface area (Å²) in [6, 6.07) is 12.4. The van der Waals surface area contributed by atoms with Crippen molar-refractivity contribution in [3.63, 3.8) is 0 Å². The molecule has 0 amide bonds. The molecule has 6 nitrogen and oxygen atoms in total. The lowest BCUT2D eigenvalue weighted by molar-refractivity contribution is 0.143. The molecule has 0 radical (unpaired) electrons. The molecule has 27 heavy (non-hydrogen) atoms. The molecule has 146 valence electrons. The number of ether oxygens (including phenoxy) is 2. The number of para-hydroxylation sites is 1. The summed E-state index contributed by atoms with van der Waals surface area (Å²) in [5, 5.41) is 3.40. The van der Waals surface area contributed by atoms with Gasteiger partial charge in [-0.1, -0.05) is 24.3 Å². The Morgan fingerprint density at radius 3 is 2.81 bits per heavy atom. The van der Waals surface area contributed by atoms with Crippen LogP contribution in [0.15, 0.2) is 47.6 Å². The molecule has 1 N–H and O–H groups in total. The summed E-state index contributed by atoms with van der Waals surface area (Å²) in [5.41, 5.74) is 3.66. The number of rotatable bonds is 7. The number of nitrogens with one attached hydrogen (secondary N) is 1. The van der Waals surface area contributed by atoms with Gasteiger partial charge >= 0.3 is 0 Å². The largest absolute Gasteiger partial charge is 0.475 e. The molecule has 2 heterocycles. The Hall–Kier alpha value is -1.87. The Bertz CT molecular complexity index is 737. The van der Waals surface area contributed by atoms with Gasteiger partial charge in [-0.25, -0.2) is 9.98 Å². The molecular formula is C20H27IN4O2. The van der Waals surface area contributed by atoms with Crippen LogP contribution in [0.2, 0.25) is 0 Å². The Morgan fingerprint density at radius 1 is 1.22 bits per heavy atom. The van der Waals surface area contributed by atoms with Crippen LogP contribution in [-0.2, 0) is 17.7 Å². The van der Waals surface area contributed by atoms with Gasteiger partial charge in [-0.15, -0.1) is 24.0 Å². The number of anilines is 1. The van der Waals surface area contributed by atoms with Gasteiger partial charge in [-0.05, 0) is 30.5 Å². The normalized spacial score (nSPS) is 13.1. The van der Waals surface area contributed by atoms with Crippen molar-refractivity contribution >= 4 is 35.6 Å². The average molecular weight is 482 g/mol. The molecule has 0 saturated carbocycles. The maximum Gasteiger partial charge on any atom is 0.213 e. The number of guanidine groups is 1. The predicted octanol–water partition coefficient (Wildman–Crippen LogP) is 3.25. The summed E-state index contributed by atoms with van der Waals surface area (Å²) < 4.78 is 10.5. The third-order valence-corrected chi connectivity index (χ3v) is 4.22. The van der Waals surface area contributed by atoms with Gasteiger partial charge in [0.05, 0.1) is 13.2 Å². The highest BCUT2D eigenvalue weighted by Gasteiger charge is 2.22. The predicted molar refractivity (Wildman–Crippen MR) is 119 cm³/mol. The lowest BCUT2D eigenvalue weighted by Gasteiger charge is -2.22. The zero-order chi connectivity index (χ0) is 18.2. The third-order valence-electron chi connectivity index (χ3n) is 4.22. The fourth-order valence-electron chi connectivity index (χ4n) is 2.94. The zero-order valence-corrected chi connectivity index (χ0v) is 18.2. The highest BCUT2D eigenvalue weighted by molar-refractivity contribution is 14.0. The summed E-state index contributed by atoms with van der Waals surface area (Å²) in [6.45, 7) is 5.51. The van der Waals surface area contributed by atoms with Crippen LogP contribution in [0, 0.1) is 0 Å². The first-order chi connectivity index (χ1) is 12.8. The quantitative estimate of drug-likeness (QED) is 0.284. The Labute approximate surface area is 178 Å². The number of benzene rings is 1. The molecule has 0 atom stereocenters. The van der Waals surface area contributed by atoms with E-state index in [0.29, 0.717) is 25.6 Å². The van der Waals surface area contributed by atoms with E-state index in [9.17, 15) is 0 Å². The molecule has 0 bridgehead atoms. The first-order valence-corrected chi connectivity index (χ1v) is 9.02. The van der Waals surface area contributed by atoms with E-state index in [1.807, 2.05) is 18.3 Å². The van der Waals surface area contributed by atoms with E-state index >= 15 is 0 Å². The van der Waals surface area contributed by atoms with E-state index in [1.165, 1.54) is 11.3 Å². The lowest BCUT2D eigenvalue weighted by atomic mass is 10.2. The number of aliphatic imine (C=N–C) groups is 1. The van der Waals surface area contributed by atoms with Crippen molar-refractivity contribution in [1.29, 1.82) is 0 Å². The van der Waals surface area contributed by atoms with Gasteiger partial charge in [0, 0.05) is 38.1 Å². The van der Waals surface area contributed by atoms with Gasteiger partial charge in [0.1, 0.15) is 6.61 Å². The van der Waals surface area contributed by atoms with E-state index in [0.717, 1.165) is 31.0 Å². The summed E-state index contributed by atoms with van der Waals surface area (Å²) >= 11 is 0. The van der Waals surface area contributed by atoms with Crippen molar-refractivity contribution in [2.24, 2.45) is 4.99 Å². The molecular weight excluding hydrogens is 455 g/mol. The number of nitrogens with zero attached hydrogens (tertiary/aromatic N) is 3. The molecule has 0 unspecified atom stereocenters. The minimum Gasteiger partial charge on any atom is -0.475 e. The van der Waals surface area contributed by atoms with E-state index in [1.54, 1.807) is 7.11 Å². The first-order valence-electron chi connectivity index (χ1n) is 9.02. The standard InChI is InChI=1S/C20H26N4O2.HI/c1-3-21-20(24-11-10-17-6-4-5-7-18(17)24)23-15-16-8-9-19(22-14-16)26-13-12-25-2;/h4-9,14H,3,10-13,15H2,1-2H3,(H,21,23);1H. The summed E-state index contributed by atoms with van der Waals surface area (Å²) in [4.78, 5) is 11.4. The van der Waals surface area contributed by atoms with Crippen molar-refractivity contribution in [1.82, 2.24) is 10.3 Å². The number of fused-ring (bicyclic) bond motifs is 1. The summed E-state index contributed by atoms with van der Waals surface area (Å²) in [7, 11) is 1.65. The highest BCUT2D eigenvalue weighted by Crippen LogP contribution is 2.27. The van der Waals surface area contributed by atoms with Crippen molar-refractivity contribution in [2.45, 2.75) is 19.9 Å². The maximum absolute atomic E-state index is 5.49. The molecule has 1 aromatic heterocycles. The summed E-state index contributed by atoms with van der Waals surface area (Å²) in [6.07, 6.45) is 2.86. The van der Waals surface area contributed by atoms with Gasteiger partial charge in [-0.2, -0.15) is 0 Å². The van der Waals surface area contributed by atoms with Gasteiger partial charge < -0.3 is 19.7 Å². The Kier molecular flexibility index (Phi) is 8.80. The van der Waals surface area contributed by atoms with Crippen LogP contribution in [0.5, 0.6) is 5.88 Å². The van der Waals surface area contributed by atoms with Crippen LogP contribution in [-0.4, -0.2) is 44.4 Å². The van der Waals surface area contributed by atoms with Crippen LogP contribution >= 0.6 is 24.0 Å². The molecule has 2 aromatic rings. The molecule has 0 spiro atoms.